The van der Waals surface area contributed by atoms with Crippen LogP contribution in [0.4, 0.5) is 13.2 Å². The van der Waals surface area contributed by atoms with E-state index in [0.717, 1.165) is 0 Å². The third-order valence-electron chi connectivity index (χ3n) is 7.88. The minimum Gasteiger partial charge on any atom is -0.493 e. The van der Waals surface area contributed by atoms with Gasteiger partial charge in [-0.3, -0.25) is 9.59 Å². The van der Waals surface area contributed by atoms with Crippen LogP contribution in [0.3, 0.4) is 0 Å². The van der Waals surface area contributed by atoms with Crippen LogP contribution in [0.15, 0.2) is 83.5 Å². The first-order chi connectivity index (χ1) is 22.2. The molecule has 0 saturated heterocycles. The lowest BCUT2D eigenvalue weighted by Crippen LogP contribution is -2.58. The molecule has 1 aliphatic rings. The Balaban J connectivity index is 1.39. The van der Waals surface area contributed by atoms with Gasteiger partial charge in [0.15, 0.2) is 5.82 Å². The smallest absolute Gasteiger partial charge is 0.345 e. The Bertz CT molecular complexity index is 1890. The van der Waals surface area contributed by atoms with E-state index < -0.39 is 35.9 Å². The van der Waals surface area contributed by atoms with Gasteiger partial charge in [0.05, 0.1) is 18.3 Å². The molecule has 236 valence electrons. The molecule has 0 unspecified atom stereocenters. The van der Waals surface area contributed by atoms with Crippen molar-refractivity contribution >= 4 is 22.8 Å². The Kier molecular flexibility index (Phi) is 8.46. The third kappa shape index (κ3) is 5.91. The normalized spacial score (nSPS) is 17.5. The monoisotopic (exact) mass is 630 g/mol. The quantitative estimate of drug-likeness (QED) is 0.182. The highest BCUT2D eigenvalue weighted by atomic mass is 19.3. The van der Waals surface area contributed by atoms with Gasteiger partial charge in [-0.25, -0.2) is 14.4 Å². The number of carbonyl (C=O) groups excluding carboxylic acids is 2. The summed E-state index contributed by atoms with van der Waals surface area (Å²) in [6.45, 7) is -0.780. The fourth-order valence-corrected chi connectivity index (χ4v) is 5.74. The van der Waals surface area contributed by atoms with Crippen molar-refractivity contribution in [2.75, 3.05) is 13.7 Å². The van der Waals surface area contributed by atoms with Crippen LogP contribution in [0.25, 0.3) is 33.4 Å². The number of amides is 2. The van der Waals surface area contributed by atoms with E-state index in [4.69, 9.17) is 9.15 Å². The number of carbonyl (C=O) groups is 2. The van der Waals surface area contributed by atoms with E-state index in [2.05, 4.69) is 25.3 Å². The molecule has 2 N–H and O–H groups in total. The van der Waals surface area contributed by atoms with Crippen LogP contribution in [0.2, 0.25) is 0 Å². The number of nitrogens with one attached hydrogen (secondary N) is 2. The summed E-state index contributed by atoms with van der Waals surface area (Å²) in [6, 6.07) is 17.5. The standard InChI is InChI=1S/C34H29F3N4O5/c1-3-44-26-16-27-25(28(31(43)38-2)29(46-27)19-8-10-22(35)11-9-19)15-24(26)20-6-4-7-21(14-20)30(42)41-34(32-39-12-5-13-40-32)17-23(18-34)45-33(36)37/h4-16,23,33H,3,17-18H2,1-2H3,(H,38,43)(H,41,42). The van der Waals surface area contributed by atoms with Gasteiger partial charge in [-0.15, -0.1) is 0 Å². The molecule has 2 amide bonds. The van der Waals surface area contributed by atoms with E-state index in [-0.39, 0.29) is 24.2 Å². The van der Waals surface area contributed by atoms with Crippen molar-refractivity contribution < 1.29 is 36.7 Å². The topological polar surface area (TPSA) is 116 Å². The van der Waals surface area contributed by atoms with Crippen LogP contribution in [0, 0.1) is 5.82 Å². The third-order valence-corrected chi connectivity index (χ3v) is 7.88. The number of benzene rings is 3. The van der Waals surface area contributed by atoms with Gasteiger partial charge >= 0.3 is 6.61 Å². The number of hydrogen-bond acceptors (Lipinski definition) is 7. The summed E-state index contributed by atoms with van der Waals surface area (Å²) >= 11 is 0. The minimum absolute atomic E-state index is 0.0804. The Morgan fingerprint density at radius 2 is 1.74 bits per heavy atom. The minimum atomic E-state index is -2.94. The summed E-state index contributed by atoms with van der Waals surface area (Å²) in [4.78, 5) is 35.3. The highest BCUT2D eigenvalue weighted by Gasteiger charge is 2.50. The van der Waals surface area contributed by atoms with Gasteiger partial charge in [-0.2, -0.15) is 8.78 Å². The van der Waals surface area contributed by atoms with Crippen LogP contribution in [0.1, 0.15) is 46.3 Å². The molecule has 5 aromatic rings. The van der Waals surface area contributed by atoms with Crippen molar-refractivity contribution in [3.63, 3.8) is 0 Å². The average Bonchev–Trinajstić information content (AvgIpc) is 3.42. The molecule has 3 aromatic carbocycles. The van der Waals surface area contributed by atoms with Crippen molar-refractivity contribution in [1.82, 2.24) is 20.6 Å². The molecule has 1 fully saturated rings. The lowest BCUT2D eigenvalue weighted by atomic mass is 9.73. The molecule has 0 aliphatic heterocycles. The Labute approximate surface area is 261 Å². The number of ether oxygens (including phenoxy) is 2. The molecule has 12 heteroatoms. The molecule has 1 aliphatic carbocycles. The van der Waals surface area contributed by atoms with E-state index in [1.807, 2.05) is 6.92 Å². The van der Waals surface area contributed by atoms with Gasteiger partial charge in [-0.05, 0) is 61.0 Å². The molecule has 2 aromatic heterocycles. The number of alkyl halides is 2. The predicted molar refractivity (Wildman–Crippen MR) is 163 cm³/mol. The fraction of sp³-hybridized carbons (Fsp3) is 0.235. The Morgan fingerprint density at radius 1 is 1.00 bits per heavy atom. The maximum atomic E-state index is 13.7. The molecule has 0 atom stereocenters. The summed E-state index contributed by atoms with van der Waals surface area (Å²) in [5.74, 6) is -0.259. The Hall–Kier alpha value is -5.23. The van der Waals surface area contributed by atoms with Crippen molar-refractivity contribution in [3.8, 4) is 28.2 Å². The van der Waals surface area contributed by atoms with Crippen LogP contribution in [-0.2, 0) is 10.3 Å². The van der Waals surface area contributed by atoms with Gasteiger partial charge < -0.3 is 24.5 Å². The molecule has 0 spiro atoms. The summed E-state index contributed by atoms with van der Waals surface area (Å²) in [7, 11) is 1.50. The fourth-order valence-electron chi connectivity index (χ4n) is 5.74. The number of fused-ring (bicyclic) bond motifs is 1. The van der Waals surface area contributed by atoms with E-state index in [1.54, 1.807) is 42.5 Å². The largest absolute Gasteiger partial charge is 0.493 e. The second-order valence-electron chi connectivity index (χ2n) is 10.8. The summed E-state index contributed by atoms with van der Waals surface area (Å²) in [6.07, 6.45) is 2.44. The average molecular weight is 631 g/mol. The number of halogens is 3. The first-order valence-corrected chi connectivity index (χ1v) is 14.6. The molecule has 9 nitrogen and oxygen atoms in total. The molecule has 2 heterocycles. The van der Waals surface area contributed by atoms with Gasteiger partial charge in [0.2, 0.25) is 0 Å². The zero-order chi connectivity index (χ0) is 32.4. The molecule has 46 heavy (non-hydrogen) atoms. The lowest BCUT2D eigenvalue weighted by molar-refractivity contribution is -0.198. The number of furan rings is 1. The van der Waals surface area contributed by atoms with Gasteiger partial charge in [0, 0.05) is 60.4 Å². The van der Waals surface area contributed by atoms with Crippen molar-refractivity contribution in [3.05, 3.63) is 102 Å². The maximum Gasteiger partial charge on any atom is 0.345 e. The lowest BCUT2D eigenvalue weighted by Gasteiger charge is -2.46. The molecular formula is C34H29F3N4O5. The van der Waals surface area contributed by atoms with Crippen LogP contribution >= 0.6 is 0 Å². The molecule has 0 bridgehead atoms. The van der Waals surface area contributed by atoms with Crippen molar-refractivity contribution in [2.24, 2.45) is 0 Å². The zero-order valence-corrected chi connectivity index (χ0v) is 24.9. The number of hydrogen-bond donors (Lipinski definition) is 2. The molecule has 0 radical (unpaired) electrons. The maximum absolute atomic E-state index is 13.7. The number of rotatable bonds is 10. The Morgan fingerprint density at radius 3 is 2.41 bits per heavy atom. The van der Waals surface area contributed by atoms with Crippen LogP contribution < -0.4 is 15.4 Å². The summed E-state index contributed by atoms with van der Waals surface area (Å²) in [5, 5.41) is 6.09. The second-order valence-corrected chi connectivity index (χ2v) is 10.8. The number of aromatic nitrogens is 2. The van der Waals surface area contributed by atoms with Gasteiger partial charge in [-0.1, -0.05) is 12.1 Å². The summed E-state index contributed by atoms with van der Waals surface area (Å²) < 4.78 is 56.2. The van der Waals surface area contributed by atoms with E-state index in [0.29, 0.717) is 51.4 Å². The van der Waals surface area contributed by atoms with E-state index in [9.17, 15) is 22.8 Å². The molecular weight excluding hydrogens is 601 g/mol. The van der Waals surface area contributed by atoms with Crippen LogP contribution in [0.5, 0.6) is 5.75 Å². The predicted octanol–water partition coefficient (Wildman–Crippen LogP) is 6.48. The zero-order valence-electron chi connectivity index (χ0n) is 24.9. The first kappa shape index (κ1) is 30.8. The van der Waals surface area contributed by atoms with Crippen molar-refractivity contribution in [2.45, 2.75) is 38.0 Å². The highest BCUT2D eigenvalue weighted by Crippen LogP contribution is 2.43. The molecule has 1 saturated carbocycles. The SMILES string of the molecule is CCOc1cc2oc(-c3ccc(F)cc3)c(C(=O)NC)c2cc1-c1cccc(C(=O)NC2(c3ncccn3)CC(OC(F)F)C2)c1. The second kappa shape index (κ2) is 12.6. The highest BCUT2D eigenvalue weighted by molar-refractivity contribution is 6.12. The van der Waals surface area contributed by atoms with Gasteiger partial charge in [0.25, 0.3) is 11.8 Å². The van der Waals surface area contributed by atoms with E-state index >= 15 is 0 Å². The van der Waals surface area contributed by atoms with Gasteiger partial charge in [0.1, 0.15) is 28.4 Å². The number of nitrogens with zero attached hydrogens (tertiary/aromatic N) is 2. The van der Waals surface area contributed by atoms with E-state index in [1.165, 1.54) is 43.7 Å². The van der Waals surface area contributed by atoms with Crippen LogP contribution in [-0.4, -0.2) is 48.2 Å². The molecule has 6 rings (SSSR count). The van der Waals surface area contributed by atoms with Crippen molar-refractivity contribution in [1.29, 1.82) is 0 Å². The first-order valence-electron chi connectivity index (χ1n) is 14.6. The summed E-state index contributed by atoms with van der Waals surface area (Å²) in [5.41, 5.74) is 1.58.